The van der Waals surface area contributed by atoms with Crippen LogP contribution in [0, 0.1) is 0 Å². The van der Waals surface area contributed by atoms with Crippen LogP contribution < -0.4 is 5.32 Å². The molecule has 2 aromatic heterocycles. The minimum absolute atomic E-state index is 0.853. The number of nitrogens with one attached hydrogen (secondary N) is 1. The van der Waals surface area contributed by atoms with Crippen LogP contribution in [0.25, 0.3) is 0 Å². The van der Waals surface area contributed by atoms with E-state index in [-0.39, 0.29) is 0 Å². The molecule has 0 atom stereocenters. The molecule has 110 valence electrons. The van der Waals surface area contributed by atoms with Gasteiger partial charge in [-0.15, -0.1) is 22.7 Å². The lowest BCUT2D eigenvalue weighted by molar-refractivity contribution is 0.318. The van der Waals surface area contributed by atoms with Crippen molar-refractivity contribution in [3.8, 4) is 0 Å². The number of aromatic nitrogens is 1. The smallest absolute Gasteiger partial charge is 0.107 e. The number of halogens is 1. The Morgan fingerprint density at radius 1 is 1.35 bits per heavy atom. The van der Waals surface area contributed by atoms with Crippen LogP contribution >= 0.6 is 34.3 Å². The molecular weight excluding hydrogens is 310 g/mol. The molecule has 6 heteroatoms. The highest BCUT2D eigenvalue weighted by molar-refractivity contribution is 7.16. The van der Waals surface area contributed by atoms with Crippen molar-refractivity contribution < 1.29 is 0 Å². The molecule has 0 saturated carbocycles. The molecule has 1 N–H and O–H groups in total. The predicted octanol–water partition coefficient (Wildman–Crippen LogP) is 3.99. The molecule has 3 nitrogen and oxygen atoms in total. The van der Waals surface area contributed by atoms with Gasteiger partial charge in [0, 0.05) is 29.9 Å². The van der Waals surface area contributed by atoms with Crippen molar-refractivity contribution in [1.82, 2.24) is 15.2 Å². The Bertz CT molecular complexity index is 524. The van der Waals surface area contributed by atoms with Gasteiger partial charge in [-0.25, -0.2) is 4.98 Å². The van der Waals surface area contributed by atoms with Crippen LogP contribution in [0.15, 0.2) is 17.5 Å². The molecule has 2 heterocycles. The van der Waals surface area contributed by atoms with E-state index in [0.717, 1.165) is 42.6 Å². The lowest BCUT2D eigenvalue weighted by Gasteiger charge is -2.13. The molecule has 0 saturated heterocycles. The standard InChI is InChI=1S/C14H20ClN3S2/c1-3-6-16-7-14-17-11(10-19-14)8-18(2)9-12-4-5-13(15)20-12/h4-5,10,16H,3,6-9H2,1-2H3. The molecule has 0 bridgehead atoms. The fourth-order valence-electron chi connectivity index (χ4n) is 1.91. The van der Waals surface area contributed by atoms with Crippen LogP contribution in [-0.2, 0) is 19.6 Å². The molecule has 0 aliphatic carbocycles. The zero-order valence-corrected chi connectivity index (χ0v) is 14.2. The van der Waals surface area contributed by atoms with Gasteiger partial charge in [0.25, 0.3) is 0 Å². The topological polar surface area (TPSA) is 28.2 Å². The first-order valence-corrected chi connectivity index (χ1v) is 8.81. The number of hydrogen-bond acceptors (Lipinski definition) is 5. The summed E-state index contributed by atoms with van der Waals surface area (Å²) in [5, 5.41) is 6.70. The van der Waals surface area contributed by atoms with Crippen LogP contribution in [0.2, 0.25) is 4.34 Å². The number of nitrogens with zero attached hydrogens (tertiary/aromatic N) is 2. The summed E-state index contributed by atoms with van der Waals surface area (Å²) in [5.74, 6) is 0. The third kappa shape index (κ3) is 5.14. The van der Waals surface area contributed by atoms with E-state index in [1.807, 2.05) is 6.07 Å². The Balaban J connectivity index is 1.80. The van der Waals surface area contributed by atoms with Crippen molar-refractivity contribution >= 4 is 34.3 Å². The fourth-order valence-corrected chi connectivity index (χ4v) is 3.83. The van der Waals surface area contributed by atoms with E-state index in [1.54, 1.807) is 22.7 Å². The summed E-state index contributed by atoms with van der Waals surface area (Å²) >= 11 is 9.33. The maximum Gasteiger partial charge on any atom is 0.107 e. The van der Waals surface area contributed by atoms with Gasteiger partial charge in [0.2, 0.25) is 0 Å². The van der Waals surface area contributed by atoms with Crippen molar-refractivity contribution in [2.45, 2.75) is 33.0 Å². The summed E-state index contributed by atoms with van der Waals surface area (Å²) in [4.78, 5) is 8.21. The maximum absolute atomic E-state index is 5.95. The molecule has 2 rings (SSSR count). The third-order valence-electron chi connectivity index (χ3n) is 2.79. The Labute approximate surface area is 133 Å². The highest BCUT2D eigenvalue weighted by Crippen LogP contribution is 2.23. The Morgan fingerprint density at radius 2 is 2.20 bits per heavy atom. The minimum Gasteiger partial charge on any atom is -0.310 e. The van der Waals surface area contributed by atoms with E-state index in [4.69, 9.17) is 11.6 Å². The van der Waals surface area contributed by atoms with Gasteiger partial charge in [-0.1, -0.05) is 18.5 Å². The van der Waals surface area contributed by atoms with Gasteiger partial charge < -0.3 is 5.32 Å². The summed E-state index contributed by atoms with van der Waals surface area (Å²) in [7, 11) is 2.11. The summed E-state index contributed by atoms with van der Waals surface area (Å²) in [6.07, 6.45) is 1.16. The van der Waals surface area contributed by atoms with Crippen molar-refractivity contribution in [3.63, 3.8) is 0 Å². The number of hydrogen-bond donors (Lipinski definition) is 1. The van der Waals surface area contributed by atoms with E-state index in [9.17, 15) is 0 Å². The number of thiophene rings is 1. The van der Waals surface area contributed by atoms with E-state index in [2.05, 4.69) is 40.6 Å². The highest BCUT2D eigenvalue weighted by atomic mass is 35.5. The zero-order chi connectivity index (χ0) is 14.4. The third-order valence-corrected chi connectivity index (χ3v) is 4.90. The van der Waals surface area contributed by atoms with Gasteiger partial charge in [-0.2, -0.15) is 0 Å². The van der Waals surface area contributed by atoms with Gasteiger partial charge in [-0.3, -0.25) is 4.90 Å². The second-order valence-corrected chi connectivity index (χ2v) is 7.53. The second-order valence-electron chi connectivity index (χ2n) is 4.79. The van der Waals surface area contributed by atoms with Gasteiger partial charge in [0.1, 0.15) is 5.01 Å². The minimum atomic E-state index is 0.853. The van der Waals surface area contributed by atoms with Crippen LogP contribution in [0.1, 0.15) is 28.9 Å². The molecule has 0 spiro atoms. The first kappa shape index (κ1) is 15.9. The molecule has 0 amide bonds. The van der Waals surface area contributed by atoms with Crippen LogP contribution in [-0.4, -0.2) is 23.5 Å². The summed E-state index contributed by atoms with van der Waals surface area (Å²) in [6, 6.07) is 4.04. The number of rotatable bonds is 8. The Hall–Kier alpha value is -0.460. The van der Waals surface area contributed by atoms with Crippen molar-refractivity contribution in [3.05, 3.63) is 37.4 Å². The van der Waals surface area contributed by atoms with Crippen molar-refractivity contribution in [2.24, 2.45) is 0 Å². The molecule has 0 aliphatic rings. The molecule has 0 unspecified atom stereocenters. The normalized spacial score (nSPS) is 11.4. The van der Waals surface area contributed by atoms with Gasteiger partial charge in [-0.05, 0) is 32.1 Å². The zero-order valence-electron chi connectivity index (χ0n) is 11.9. The van der Waals surface area contributed by atoms with Gasteiger partial charge in [0.05, 0.1) is 10.0 Å². The van der Waals surface area contributed by atoms with Gasteiger partial charge in [0.15, 0.2) is 0 Å². The largest absolute Gasteiger partial charge is 0.310 e. The molecule has 2 aromatic rings. The SMILES string of the molecule is CCCNCc1nc(CN(C)Cc2ccc(Cl)s2)cs1. The average molecular weight is 330 g/mol. The molecule has 0 radical (unpaired) electrons. The second kappa shape index (κ2) is 8.10. The first-order chi connectivity index (χ1) is 9.67. The molecular formula is C14H20ClN3S2. The fraction of sp³-hybridized carbons (Fsp3) is 0.500. The maximum atomic E-state index is 5.95. The van der Waals surface area contributed by atoms with E-state index in [1.165, 1.54) is 9.88 Å². The lowest BCUT2D eigenvalue weighted by Crippen LogP contribution is -2.17. The quantitative estimate of drug-likeness (QED) is 0.742. The summed E-state index contributed by atoms with van der Waals surface area (Å²) in [6.45, 7) is 5.89. The van der Waals surface area contributed by atoms with Crippen LogP contribution in [0.4, 0.5) is 0 Å². The van der Waals surface area contributed by atoms with Crippen LogP contribution in [0.3, 0.4) is 0 Å². The van der Waals surface area contributed by atoms with Gasteiger partial charge >= 0.3 is 0 Å². The van der Waals surface area contributed by atoms with E-state index in [0.29, 0.717) is 0 Å². The Kier molecular flexibility index (Phi) is 6.45. The monoisotopic (exact) mass is 329 g/mol. The molecule has 0 aliphatic heterocycles. The van der Waals surface area contributed by atoms with Crippen molar-refractivity contribution in [1.29, 1.82) is 0 Å². The van der Waals surface area contributed by atoms with E-state index >= 15 is 0 Å². The van der Waals surface area contributed by atoms with Crippen LogP contribution in [0.5, 0.6) is 0 Å². The average Bonchev–Trinajstić information content (AvgIpc) is 2.99. The summed E-state index contributed by atoms with van der Waals surface area (Å²) in [5.41, 5.74) is 1.15. The van der Waals surface area contributed by atoms with Crippen molar-refractivity contribution in [2.75, 3.05) is 13.6 Å². The molecule has 20 heavy (non-hydrogen) atoms. The molecule has 0 aromatic carbocycles. The highest BCUT2D eigenvalue weighted by Gasteiger charge is 2.07. The molecule has 0 fully saturated rings. The Morgan fingerprint density at radius 3 is 2.90 bits per heavy atom. The number of thiazole rings is 1. The predicted molar refractivity (Wildman–Crippen MR) is 88.6 cm³/mol. The van der Waals surface area contributed by atoms with E-state index < -0.39 is 0 Å². The lowest BCUT2D eigenvalue weighted by atomic mass is 10.4. The first-order valence-electron chi connectivity index (χ1n) is 6.74. The summed E-state index contributed by atoms with van der Waals surface area (Å²) < 4.78 is 0.853.